The van der Waals surface area contributed by atoms with Gasteiger partial charge in [0.05, 0.1) is 11.8 Å². The van der Waals surface area contributed by atoms with E-state index in [1.807, 2.05) is 0 Å². The molecule has 0 heterocycles. The second kappa shape index (κ2) is 3.67. The first-order chi connectivity index (χ1) is 6.40. The Balaban J connectivity index is 3.15. The number of carbonyl (C=O) groups is 1. The average molecular weight is 215 g/mol. The lowest BCUT2D eigenvalue weighted by Gasteiger charge is -2.05. The zero-order valence-electron chi connectivity index (χ0n) is 7.43. The van der Waals surface area contributed by atoms with Crippen molar-refractivity contribution in [1.82, 2.24) is 0 Å². The van der Waals surface area contributed by atoms with E-state index in [1.165, 1.54) is 12.1 Å². The third-order valence-corrected chi connectivity index (χ3v) is 1.88. The number of nitrogens with two attached hydrogens (primary N) is 1. The number of hydrogen-bond donors (Lipinski definition) is 1. The Morgan fingerprint density at radius 3 is 2.43 bits per heavy atom. The van der Waals surface area contributed by atoms with Gasteiger partial charge in [0.2, 0.25) is 0 Å². The van der Waals surface area contributed by atoms with Gasteiger partial charge in [-0.25, -0.2) is 0 Å². The van der Waals surface area contributed by atoms with Gasteiger partial charge >= 0.3 is 10.1 Å². The van der Waals surface area contributed by atoms with Gasteiger partial charge in [-0.05, 0) is 12.1 Å². The van der Waals surface area contributed by atoms with Gasteiger partial charge in [-0.2, -0.15) is 8.42 Å². The maximum atomic E-state index is 10.9. The molecular weight excluding hydrogens is 206 g/mol. The summed E-state index contributed by atoms with van der Waals surface area (Å²) < 4.78 is 26.2. The molecule has 1 aromatic carbocycles. The quantitative estimate of drug-likeness (QED) is 0.726. The average Bonchev–Trinajstić information content (AvgIpc) is 2.01. The predicted octanol–water partition coefficient (Wildman–Crippen LogP) is 0.124. The van der Waals surface area contributed by atoms with E-state index < -0.39 is 16.0 Å². The minimum absolute atomic E-state index is 0.0397. The Morgan fingerprint density at radius 1 is 1.36 bits per heavy atom. The highest BCUT2D eigenvalue weighted by molar-refractivity contribution is 7.86. The maximum Gasteiger partial charge on any atom is 0.306 e. The van der Waals surface area contributed by atoms with Gasteiger partial charge in [-0.3, -0.25) is 4.79 Å². The van der Waals surface area contributed by atoms with E-state index in [0.29, 0.717) is 0 Å². The number of benzene rings is 1. The van der Waals surface area contributed by atoms with E-state index in [4.69, 9.17) is 5.73 Å². The highest BCUT2D eigenvalue weighted by Gasteiger charge is 2.12. The Hall–Kier alpha value is -1.56. The van der Waals surface area contributed by atoms with E-state index in [0.717, 1.165) is 6.26 Å². The molecule has 0 aliphatic rings. The van der Waals surface area contributed by atoms with Gasteiger partial charge in [0.15, 0.2) is 5.75 Å². The van der Waals surface area contributed by atoms with Crippen LogP contribution in [-0.2, 0) is 10.1 Å². The minimum atomic E-state index is -3.64. The van der Waals surface area contributed by atoms with Crippen molar-refractivity contribution in [2.45, 2.75) is 0 Å². The first kappa shape index (κ1) is 10.5. The molecule has 76 valence electrons. The molecule has 0 aliphatic heterocycles. The number of hydrogen-bond acceptors (Lipinski definition) is 4. The fourth-order valence-corrected chi connectivity index (χ4v) is 1.38. The second-order valence-electron chi connectivity index (χ2n) is 2.65. The van der Waals surface area contributed by atoms with Gasteiger partial charge in [0.1, 0.15) is 0 Å². The SMILES string of the molecule is CS(=O)(=O)Oc1ccccc1C(N)=O. The molecule has 1 aromatic rings. The van der Waals surface area contributed by atoms with Crippen LogP contribution >= 0.6 is 0 Å². The molecule has 0 bridgehead atoms. The van der Waals surface area contributed by atoms with E-state index in [9.17, 15) is 13.2 Å². The smallest absolute Gasteiger partial charge is 0.306 e. The number of rotatable bonds is 3. The summed E-state index contributed by atoms with van der Waals surface area (Å²) in [7, 11) is -3.64. The normalized spacial score (nSPS) is 10.9. The largest absolute Gasteiger partial charge is 0.382 e. The summed E-state index contributed by atoms with van der Waals surface area (Å²) in [6, 6.07) is 5.87. The molecule has 1 amide bonds. The van der Waals surface area contributed by atoms with Crippen molar-refractivity contribution in [3.8, 4) is 5.75 Å². The molecule has 14 heavy (non-hydrogen) atoms. The molecule has 0 aromatic heterocycles. The van der Waals surface area contributed by atoms with Crippen LogP contribution in [0.3, 0.4) is 0 Å². The van der Waals surface area contributed by atoms with Gasteiger partial charge in [-0.15, -0.1) is 0 Å². The van der Waals surface area contributed by atoms with Crippen LogP contribution in [0.2, 0.25) is 0 Å². The van der Waals surface area contributed by atoms with Crippen LogP contribution in [0, 0.1) is 0 Å². The van der Waals surface area contributed by atoms with Crippen molar-refractivity contribution in [2.24, 2.45) is 5.73 Å². The van der Waals surface area contributed by atoms with Crippen molar-refractivity contribution in [3.05, 3.63) is 29.8 Å². The summed E-state index contributed by atoms with van der Waals surface area (Å²) in [6.07, 6.45) is 0.894. The molecule has 2 N–H and O–H groups in total. The Bertz CT molecular complexity index is 452. The van der Waals surface area contributed by atoms with Crippen LogP contribution in [-0.4, -0.2) is 20.6 Å². The molecular formula is C8H9NO4S. The van der Waals surface area contributed by atoms with Crippen LogP contribution in [0.25, 0.3) is 0 Å². The van der Waals surface area contributed by atoms with Gasteiger partial charge in [-0.1, -0.05) is 12.1 Å². The fraction of sp³-hybridized carbons (Fsp3) is 0.125. The Labute approximate surface area is 81.6 Å². The Kier molecular flexibility index (Phi) is 2.76. The molecule has 0 saturated heterocycles. The number of primary amides is 1. The lowest BCUT2D eigenvalue weighted by Crippen LogP contribution is -2.15. The summed E-state index contributed by atoms with van der Waals surface area (Å²) in [5.41, 5.74) is 5.06. The third kappa shape index (κ3) is 2.74. The first-order valence-corrected chi connectivity index (χ1v) is 5.50. The van der Waals surface area contributed by atoms with Gasteiger partial charge in [0.25, 0.3) is 5.91 Å². The summed E-state index contributed by atoms with van der Waals surface area (Å²) in [5.74, 6) is -0.785. The van der Waals surface area contributed by atoms with E-state index in [2.05, 4.69) is 4.18 Å². The molecule has 6 heteroatoms. The minimum Gasteiger partial charge on any atom is -0.382 e. The summed E-state index contributed by atoms with van der Waals surface area (Å²) in [6.45, 7) is 0. The Morgan fingerprint density at radius 2 is 1.93 bits per heavy atom. The first-order valence-electron chi connectivity index (χ1n) is 3.68. The van der Waals surface area contributed by atoms with Crippen molar-refractivity contribution >= 4 is 16.0 Å². The van der Waals surface area contributed by atoms with Crippen LogP contribution < -0.4 is 9.92 Å². The zero-order valence-corrected chi connectivity index (χ0v) is 8.24. The van der Waals surface area contributed by atoms with E-state index >= 15 is 0 Å². The van der Waals surface area contributed by atoms with Crippen LogP contribution in [0.4, 0.5) is 0 Å². The highest BCUT2D eigenvalue weighted by atomic mass is 32.2. The monoisotopic (exact) mass is 215 g/mol. The number of amides is 1. The van der Waals surface area contributed by atoms with Crippen LogP contribution in [0.15, 0.2) is 24.3 Å². The topological polar surface area (TPSA) is 86.5 Å². The van der Waals surface area contributed by atoms with Crippen molar-refractivity contribution < 1.29 is 17.4 Å². The molecule has 0 atom stereocenters. The maximum absolute atomic E-state index is 10.9. The predicted molar refractivity (Wildman–Crippen MR) is 50.4 cm³/mol. The third-order valence-electron chi connectivity index (χ3n) is 1.39. The van der Waals surface area contributed by atoms with Crippen LogP contribution in [0.1, 0.15) is 10.4 Å². The lowest BCUT2D eigenvalue weighted by molar-refractivity contribution is 0.0999. The second-order valence-corrected chi connectivity index (χ2v) is 4.22. The molecule has 0 spiro atoms. The molecule has 0 radical (unpaired) electrons. The van der Waals surface area contributed by atoms with E-state index in [-0.39, 0.29) is 11.3 Å². The molecule has 1 rings (SSSR count). The molecule has 5 nitrogen and oxygen atoms in total. The van der Waals surface area contributed by atoms with Crippen molar-refractivity contribution in [1.29, 1.82) is 0 Å². The van der Waals surface area contributed by atoms with Crippen molar-refractivity contribution in [3.63, 3.8) is 0 Å². The number of carbonyl (C=O) groups excluding carboxylic acids is 1. The fourth-order valence-electron chi connectivity index (χ4n) is 0.906. The summed E-state index contributed by atoms with van der Waals surface area (Å²) >= 11 is 0. The molecule has 0 unspecified atom stereocenters. The van der Waals surface area contributed by atoms with Gasteiger partial charge < -0.3 is 9.92 Å². The number of para-hydroxylation sites is 1. The zero-order chi connectivity index (χ0) is 10.8. The van der Waals surface area contributed by atoms with Crippen molar-refractivity contribution in [2.75, 3.05) is 6.26 Å². The standard InChI is InChI=1S/C8H9NO4S/c1-14(11,12)13-7-5-3-2-4-6(7)8(9)10/h2-5H,1H3,(H2,9,10). The highest BCUT2D eigenvalue weighted by Crippen LogP contribution is 2.18. The summed E-state index contributed by atoms with van der Waals surface area (Å²) in [4.78, 5) is 10.9. The molecule has 0 saturated carbocycles. The lowest BCUT2D eigenvalue weighted by atomic mass is 10.2. The molecule has 0 fully saturated rings. The van der Waals surface area contributed by atoms with Crippen LogP contribution in [0.5, 0.6) is 5.75 Å². The van der Waals surface area contributed by atoms with E-state index in [1.54, 1.807) is 12.1 Å². The van der Waals surface area contributed by atoms with Gasteiger partial charge in [0, 0.05) is 0 Å². The summed E-state index contributed by atoms with van der Waals surface area (Å²) in [5, 5.41) is 0. The molecule has 0 aliphatic carbocycles.